The lowest BCUT2D eigenvalue weighted by Crippen LogP contribution is -2.50. The zero-order chi connectivity index (χ0) is 25.7. The largest absolute Gasteiger partial charge is 0.384 e. The van der Waals surface area contributed by atoms with Crippen LogP contribution in [-0.2, 0) is 20.8 Å². The van der Waals surface area contributed by atoms with Gasteiger partial charge < -0.3 is 11.1 Å². The Balaban J connectivity index is 1.49. The van der Waals surface area contributed by atoms with Crippen LogP contribution in [0.2, 0.25) is 0 Å². The van der Waals surface area contributed by atoms with E-state index in [1.54, 1.807) is 16.7 Å². The van der Waals surface area contributed by atoms with Crippen LogP contribution >= 0.6 is 23.1 Å². The maximum atomic E-state index is 13.7. The molecule has 37 heavy (non-hydrogen) atoms. The van der Waals surface area contributed by atoms with E-state index in [9.17, 15) is 14.9 Å². The van der Waals surface area contributed by atoms with Crippen molar-refractivity contribution in [1.82, 2.24) is 10.2 Å². The number of carbonyl (C=O) groups is 2. The van der Waals surface area contributed by atoms with Gasteiger partial charge in [0.1, 0.15) is 17.3 Å². The number of Topliss-reactive ketones (excluding diaryl/α,β-unsaturated/α-hetero) is 1. The summed E-state index contributed by atoms with van der Waals surface area (Å²) in [6.07, 6.45) is 1.45. The van der Waals surface area contributed by atoms with Gasteiger partial charge in [-0.25, -0.2) is 0 Å². The normalized spacial score (nSPS) is 20.7. The summed E-state index contributed by atoms with van der Waals surface area (Å²) in [5.74, 6) is 0.262. The van der Waals surface area contributed by atoms with Crippen molar-refractivity contribution in [3.8, 4) is 6.07 Å². The molecule has 3 heterocycles. The van der Waals surface area contributed by atoms with Crippen molar-refractivity contribution in [2.45, 2.75) is 41.7 Å². The molecule has 1 aromatic heterocycles. The van der Waals surface area contributed by atoms with Crippen molar-refractivity contribution in [2.24, 2.45) is 5.73 Å². The van der Waals surface area contributed by atoms with Crippen LogP contribution in [0.15, 0.2) is 75.5 Å². The molecule has 8 nitrogen and oxygen atoms in total. The number of allylic oxidation sites excluding steroid dienone is 1. The topological polar surface area (TPSA) is 125 Å². The molecule has 0 saturated heterocycles. The molecule has 0 bridgehead atoms. The van der Waals surface area contributed by atoms with E-state index in [0.29, 0.717) is 46.9 Å². The number of thioether (sulfide) groups is 1. The molecule has 3 N–H and O–H groups in total. The average molecular weight is 527 g/mol. The number of amides is 1. The van der Waals surface area contributed by atoms with Crippen molar-refractivity contribution in [3.05, 3.63) is 87.9 Å². The van der Waals surface area contributed by atoms with Gasteiger partial charge >= 0.3 is 0 Å². The summed E-state index contributed by atoms with van der Waals surface area (Å²) in [5.41, 5.74) is 9.37. The van der Waals surface area contributed by atoms with E-state index in [2.05, 4.69) is 33.7 Å². The number of benzene rings is 2. The average Bonchev–Trinajstić information content (AvgIpc) is 3.47. The standard InChI is InChI=1S/C27H22N6O2S2/c1-15-10-11-19-17(12-15)27(24(35)30-19)18(13-28)23(29)33(20-8-5-9-21(34)22(20)27)25-31-32-26(37-25)36-14-16-6-3-2-4-7-16/h2-4,6-7,10-12H,5,8-9,14,29H2,1H3,(H,30,35)/t27-/m1/s1. The Kier molecular flexibility index (Phi) is 5.62. The second-order valence-corrected chi connectivity index (χ2v) is 11.4. The quantitative estimate of drug-likeness (QED) is 0.475. The second kappa shape index (κ2) is 8.87. The highest BCUT2D eigenvalue weighted by Gasteiger charge is 2.60. The molecule has 1 aliphatic carbocycles. The van der Waals surface area contributed by atoms with Crippen molar-refractivity contribution in [3.63, 3.8) is 0 Å². The third-order valence-corrected chi connectivity index (χ3v) is 9.09. The van der Waals surface area contributed by atoms with Crippen LogP contribution in [0.25, 0.3) is 0 Å². The highest BCUT2D eigenvalue weighted by atomic mass is 32.2. The number of nitrogens with zero attached hydrogens (tertiary/aromatic N) is 4. The lowest BCUT2D eigenvalue weighted by Gasteiger charge is -2.42. The van der Waals surface area contributed by atoms with Gasteiger partial charge in [0.15, 0.2) is 10.1 Å². The first kappa shape index (κ1) is 23.5. The lowest BCUT2D eigenvalue weighted by molar-refractivity contribution is -0.122. The number of hydrogen-bond acceptors (Lipinski definition) is 9. The highest BCUT2D eigenvalue weighted by molar-refractivity contribution is 8.00. The van der Waals surface area contributed by atoms with Gasteiger partial charge in [-0.2, -0.15) is 5.26 Å². The van der Waals surface area contributed by atoms with Crippen molar-refractivity contribution in [2.75, 3.05) is 10.2 Å². The van der Waals surface area contributed by atoms with Crippen LogP contribution in [0.5, 0.6) is 0 Å². The summed E-state index contributed by atoms with van der Waals surface area (Å²) in [5, 5.41) is 22.5. The Morgan fingerprint density at radius 3 is 2.78 bits per heavy atom. The molecule has 2 aliphatic heterocycles. The maximum absolute atomic E-state index is 13.7. The molecule has 3 aromatic rings. The molecule has 184 valence electrons. The number of nitrogens with two attached hydrogens (primary N) is 1. The third kappa shape index (κ3) is 3.49. The molecule has 0 radical (unpaired) electrons. The van der Waals surface area contributed by atoms with Crippen LogP contribution < -0.4 is 16.0 Å². The zero-order valence-electron chi connectivity index (χ0n) is 19.9. The van der Waals surface area contributed by atoms with Gasteiger partial charge in [-0.1, -0.05) is 71.1 Å². The molecule has 2 aromatic carbocycles. The minimum atomic E-state index is -1.57. The summed E-state index contributed by atoms with van der Waals surface area (Å²) >= 11 is 2.91. The predicted molar refractivity (Wildman–Crippen MR) is 143 cm³/mol. The highest BCUT2D eigenvalue weighted by Crippen LogP contribution is 2.55. The minimum Gasteiger partial charge on any atom is -0.384 e. The Labute approximate surface area is 221 Å². The van der Waals surface area contributed by atoms with Crippen LogP contribution in [0.3, 0.4) is 0 Å². The van der Waals surface area contributed by atoms with Crippen molar-refractivity contribution < 1.29 is 9.59 Å². The molecular weight excluding hydrogens is 504 g/mol. The zero-order valence-corrected chi connectivity index (χ0v) is 21.6. The number of anilines is 2. The first-order chi connectivity index (χ1) is 17.9. The smallest absolute Gasteiger partial charge is 0.245 e. The van der Waals surface area contributed by atoms with Gasteiger partial charge in [0, 0.05) is 34.7 Å². The number of aryl methyl sites for hydroxylation is 1. The molecule has 10 heteroatoms. The number of rotatable bonds is 4. The summed E-state index contributed by atoms with van der Waals surface area (Å²) in [6, 6.07) is 17.8. The number of aromatic nitrogens is 2. The predicted octanol–water partition coefficient (Wildman–Crippen LogP) is 4.55. The summed E-state index contributed by atoms with van der Waals surface area (Å²) in [6.45, 7) is 1.92. The maximum Gasteiger partial charge on any atom is 0.245 e. The molecular formula is C27H22N6O2S2. The number of nitrogens with one attached hydrogen (secondary N) is 1. The number of hydrogen-bond donors (Lipinski definition) is 2. The Hall–Kier alpha value is -3.94. The van der Waals surface area contributed by atoms with Gasteiger partial charge in [0.05, 0.1) is 5.57 Å². The number of fused-ring (bicyclic) bond motifs is 3. The van der Waals surface area contributed by atoms with E-state index in [0.717, 1.165) is 15.7 Å². The van der Waals surface area contributed by atoms with Crippen molar-refractivity contribution in [1.29, 1.82) is 5.26 Å². The number of ketones is 1. The van der Waals surface area contributed by atoms with E-state index in [-0.39, 0.29) is 17.2 Å². The van der Waals surface area contributed by atoms with Gasteiger partial charge in [-0.15, -0.1) is 10.2 Å². The molecule has 0 fully saturated rings. The van der Waals surface area contributed by atoms with Crippen LogP contribution in [0, 0.1) is 18.3 Å². The fraction of sp³-hybridized carbons (Fsp3) is 0.222. The van der Waals surface area contributed by atoms with E-state index in [1.807, 2.05) is 43.3 Å². The molecule has 1 spiro atoms. The van der Waals surface area contributed by atoms with E-state index in [1.165, 1.54) is 16.9 Å². The number of carbonyl (C=O) groups excluding carboxylic acids is 2. The van der Waals surface area contributed by atoms with Crippen LogP contribution in [-0.4, -0.2) is 21.9 Å². The van der Waals surface area contributed by atoms with E-state index >= 15 is 0 Å². The van der Waals surface area contributed by atoms with Crippen molar-refractivity contribution >= 4 is 45.6 Å². The Morgan fingerprint density at radius 1 is 1.19 bits per heavy atom. The molecule has 1 atom stereocenters. The molecule has 0 saturated carbocycles. The summed E-state index contributed by atoms with van der Waals surface area (Å²) in [7, 11) is 0. The fourth-order valence-corrected chi connectivity index (χ4v) is 7.23. The summed E-state index contributed by atoms with van der Waals surface area (Å²) < 4.78 is 0.745. The van der Waals surface area contributed by atoms with Gasteiger partial charge in [-0.3, -0.25) is 14.5 Å². The number of nitriles is 1. The van der Waals surface area contributed by atoms with Gasteiger partial charge in [0.2, 0.25) is 11.0 Å². The van der Waals surface area contributed by atoms with Crippen LogP contribution in [0.4, 0.5) is 10.8 Å². The van der Waals surface area contributed by atoms with E-state index in [4.69, 9.17) is 5.73 Å². The third-order valence-electron chi connectivity index (χ3n) is 6.97. The monoisotopic (exact) mass is 526 g/mol. The molecule has 1 amide bonds. The summed E-state index contributed by atoms with van der Waals surface area (Å²) in [4.78, 5) is 28.9. The fourth-order valence-electron chi connectivity index (χ4n) is 5.39. The SMILES string of the molecule is Cc1ccc2c(c1)[C@@]1(C(=O)N2)C(C#N)=C(N)N(c2nnc(SCc3ccccc3)s2)C2=C1C(=O)CCC2. The van der Waals surface area contributed by atoms with Gasteiger partial charge in [0.25, 0.3) is 0 Å². The first-order valence-electron chi connectivity index (χ1n) is 11.8. The second-order valence-electron chi connectivity index (χ2n) is 9.18. The molecule has 6 rings (SSSR count). The Bertz CT molecular complexity index is 1570. The van der Waals surface area contributed by atoms with Gasteiger partial charge in [-0.05, 0) is 31.4 Å². The minimum absolute atomic E-state index is 0.0389. The first-order valence-corrected chi connectivity index (χ1v) is 13.7. The lowest BCUT2D eigenvalue weighted by atomic mass is 9.64. The Morgan fingerprint density at radius 2 is 2.00 bits per heavy atom. The van der Waals surface area contributed by atoms with Crippen LogP contribution in [0.1, 0.15) is 36.0 Å². The van der Waals surface area contributed by atoms with E-state index < -0.39 is 11.3 Å². The molecule has 0 unspecified atom stereocenters. The molecule has 3 aliphatic rings.